The van der Waals surface area contributed by atoms with E-state index in [2.05, 4.69) is 0 Å². The Kier molecular flexibility index (Phi) is 3.34. The lowest BCUT2D eigenvalue weighted by molar-refractivity contribution is -0.135. The fourth-order valence-electron chi connectivity index (χ4n) is 2.76. The predicted octanol–water partition coefficient (Wildman–Crippen LogP) is 2.46. The third kappa shape index (κ3) is 2.49. The van der Waals surface area contributed by atoms with Gasteiger partial charge in [0.2, 0.25) is 0 Å². The summed E-state index contributed by atoms with van der Waals surface area (Å²) in [7, 11) is 0. The van der Waals surface area contributed by atoms with Crippen molar-refractivity contribution in [3.8, 4) is 0 Å². The zero-order valence-corrected chi connectivity index (χ0v) is 11.1. The highest BCUT2D eigenvalue weighted by molar-refractivity contribution is 5.87. The van der Waals surface area contributed by atoms with Gasteiger partial charge in [-0.05, 0) is 40.0 Å². The number of Topliss-reactive ketones (excluding diaryl/α,β-unsaturated/α-hetero) is 1. The summed E-state index contributed by atoms with van der Waals surface area (Å²) < 4.78 is 19.2. The maximum Gasteiger partial charge on any atom is 0.410 e. The first kappa shape index (κ1) is 13.3. The number of halogens is 1. The van der Waals surface area contributed by atoms with Gasteiger partial charge in [0, 0.05) is 12.5 Å². The maximum absolute atomic E-state index is 13.9. The number of ether oxygens (including phenoxy) is 1. The van der Waals surface area contributed by atoms with Crippen molar-refractivity contribution in [1.82, 2.24) is 4.90 Å². The Labute approximate surface area is 106 Å². The van der Waals surface area contributed by atoms with Crippen LogP contribution < -0.4 is 0 Å². The van der Waals surface area contributed by atoms with E-state index in [1.54, 1.807) is 20.8 Å². The first-order valence-corrected chi connectivity index (χ1v) is 6.48. The summed E-state index contributed by atoms with van der Waals surface area (Å²) >= 11 is 0. The van der Waals surface area contributed by atoms with Gasteiger partial charge in [0.25, 0.3) is 0 Å². The third-order valence-electron chi connectivity index (χ3n) is 3.47. The molecule has 2 rings (SSSR count). The van der Waals surface area contributed by atoms with Crippen LogP contribution in [-0.2, 0) is 9.53 Å². The zero-order valence-electron chi connectivity index (χ0n) is 11.1. The maximum atomic E-state index is 13.9. The number of rotatable bonds is 0. The molecule has 1 amide bonds. The number of carbonyl (C=O) groups is 2. The van der Waals surface area contributed by atoms with Crippen molar-refractivity contribution in [3.05, 3.63) is 0 Å². The van der Waals surface area contributed by atoms with Crippen molar-refractivity contribution in [1.29, 1.82) is 0 Å². The molecule has 2 heterocycles. The molecule has 102 valence electrons. The van der Waals surface area contributed by atoms with E-state index in [0.29, 0.717) is 6.42 Å². The summed E-state index contributed by atoms with van der Waals surface area (Å²) in [6.07, 6.45) is 0.247. The molecular weight excluding hydrogens is 237 g/mol. The van der Waals surface area contributed by atoms with Gasteiger partial charge < -0.3 is 4.74 Å². The Morgan fingerprint density at radius 2 is 2.06 bits per heavy atom. The van der Waals surface area contributed by atoms with E-state index in [1.807, 2.05) is 0 Å². The lowest BCUT2D eigenvalue weighted by atomic mass is 9.83. The minimum atomic E-state index is -1.55. The molecule has 0 saturated carbocycles. The first-order chi connectivity index (χ1) is 8.29. The fourth-order valence-corrected chi connectivity index (χ4v) is 2.76. The van der Waals surface area contributed by atoms with Gasteiger partial charge in [-0.15, -0.1) is 0 Å². The van der Waals surface area contributed by atoms with Crippen molar-refractivity contribution in [2.45, 2.75) is 70.3 Å². The molecule has 18 heavy (non-hydrogen) atoms. The SMILES string of the molecule is CC(C)(C)OC(=O)N1[C@H]2CCC[C@H]1[C@H](F)C(=O)C2. The minimum absolute atomic E-state index is 0.122. The number of hydrogen-bond acceptors (Lipinski definition) is 3. The van der Waals surface area contributed by atoms with Gasteiger partial charge in [0.05, 0.1) is 6.04 Å². The summed E-state index contributed by atoms with van der Waals surface area (Å²) in [5.41, 5.74) is -0.599. The van der Waals surface area contributed by atoms with Gasteiger partial charge in [0.1, 0.15) is 5.60 Å². The van der Waals surface area contributed by atoms with E-state index in [1.165, 1.54) is 4.90 Å². The lowest BCUT2D eigenvalue weighted by Crippen LogP contribution is -2.61. The lowest BCUT2D eigenvalue weighted by Gasteiger charge is -2.46. The molecule has 2 aliphatic rings. The van der Waals surface area contributed by atoms with Crippen LogP contribution >= 0.6 is 0 Å². The summed E-state index contributed by atoms with van der Waals surface area (Å²) in [5, 5.41) is 0. The highest BCUT2D eigenvalue weighted by Crippen LogP contribution is 2.34. The molecule has 2 aliphatic heterocycles. The van der Waals surface area contributed by atoms with Crippen LogP contribution in [0.15, 0.2) is 0 Å². The van der Waals surface area contributed by atoms with Crippen LogP contribution in [0.25, 0.3) is 0 Å². The molecular formula is C13H20FNO3. The van der Waals surface area contributed by atoms with Crippen LogP contribution in [0.1, 0.15) is 46.5 Å². The number of carbonyl (C=O) groups excluding carboxylic acids is 2. The molecule has 2 saturated heterocycles. The Bertz CT molecular complexity index is 364. The van der Waals surface area contributed by atoms with Crippen LogP contribution in [0, 0.1) is 0 Å². The van der Waals surface area contributed by atoms with Crippen LogP contribution in [0.2, 0.25) is 0 Å². The van der Waals surface area contributed by atoms with Gasteiger partial charge in [0.15, 0.2) is 12.0 Å². The van der Waals surface area contributed by atoms with Gasteiger partial charge in [-0.25, -0.2) is 9.18 Å². The summed E-state index contributed by atoms with van der Waals surface area (Å²) in [5.74, 6) is -0.371. The molecule has 2 fully saturated rings. The van der Waals surface area contributed by atoms with Gasteiger partial charge in [-0.1, -0.05) is 0 Å². The topological polar surface area (TPSA) is 46.6 Å². The van der Waals surface area contributed by atoms with Crippen molar-refractivity contribution < 1.29 is 18.7 Å². The molecule has 3 atom stereocenters. The zero-order chi connectivity index (χ0) is 13.5. The molecule has 2 bridgehead atoms. The third-order valence-corrected chi connectivity index (χ3v) is 3.47. The normalized spacial score (nSPS) is 32.3. The standard InChI is InChI=1S/C13H20FNO3/c1-13(2,3)18-12(17)15-8-5-4-6-9(15)11(14)10(16)7-8/h8-9,11H,4-7H2,1-3H3/t8-,9-,11-/m0/s1. The number of alkyl halides is 1. The number of amides is 1. The Morgan fingerprint density at radius 3 is 2.67 bits per heavy atom. The Balaban J connectivity index is 2.16. The molecule has 5 heteroatoms. The first-order valence-electron chi connectivity index (χ1n) is 6.48. The van der Waals surface area contributed by atoms with Crippen LogP contribution in [0.3, 0.4) is 0 Å². The molecule has 0 aromatic carbocycles. The number of ketones is 1. The Morgan fingerprint density at radius 1 is 1.39 bits per heavy atom. The van der Waals surface area contributed by atoms with Gasteiger partial charge >= 0.3 is 6.09 Å². The summed E-state index contributed by atoms with van der Waals surface area (Å²) in [6, 6.07) is -0.807. The second kappa shape index (κ2) is 4.52. The van der Waals surface area contributed by atoms with Crippen molar-refractivity contribution >= 4 is 11.9 Å². The van der Waals surface area contributed by atoms with E-state index < -0.39 is 23.9 Å². The quantitative estimate of drug-likeness (QED) is 0.669. The van der Waals surface area contributed by atoms with Crippen LogP contribution in [0.5, 0.6) is 0 Å². The van der Waals surface area contributed by atoms with Crippen molar-refractivity contribution in [2.75, 3.05) is 0 Å². The number of hydrogen-bond donors (Lipinski definition) is 0. The van der Waals surface area contributed by atoms with Gasteiger partial charge in [-0.2, -0.15) is 0 Å². The molecule has 0 aromatic rings. The smallest absolute Gasteiger partial charge is 0.410 e. The number of piperidine rings is 2. The number of nitrogens with zero attached hydrogens (tertiary/aromatic N) is 1. The summed E-state index contributed by atoms with van der Waals surface area (Å²) in [6.45, 7) is 5.34. The Hall–Kier alpha value is -1.13. The van der Waals surface area contributed by atoms with E-state index >= 15 is 0 Å². The van der Waals surface area contributed by atoms with Gasteiger partial charge in [-0.3, -0.25) is 9.69 Å². The molecule has 0 unspecified atom stereocenters. The minimum Gasteiger partial charge on any atom is -0.444 e. The molecule has 0 N–H and O–H groups in total. The second-order valence-electron chi connectivity index (χ2n) is 6.11. The van der Waals surface area contributed by atoms with Crippen molar-refractivity contribution in [2.24, 2.45) is 0 Å². The molecule has 0 radical (unpaired) electrons. The van der Waals surface area contributed by atoms with E-state index in [9.17, 15) is 14.0 Å². The predicted molar refractivity (Wildman–Crippen MR) is 64.0 cm³/mol. The molecule has 0 spiro atoms. The fraction of sp³-hybridized carbons (Fsp3) is 0.846. The number of fused-ring (bicyclic) bond motifs is 2. The van der Waals surface area contributed by atoms with E-state index in [4.69, 9.17) is 4.74 Å². The molecule has 4 nitrogen and oxygen atoms in total. The second-order valence-corrected chi connectivity index (χ2v) is 6.11. The monoisotopic (exact) mass is 257 g/mol. The highest BCUT2D eigenvalue weighted by Gasteiger charge is 2.48. The van der Waals surface area contributed by atoms with Crippen molar-refractivity contribution in [3.63, 3.8) is 0 Å². The molecule has 0 aromatic heterocycles. The van der Waals surface area contributed by atoms with Crippen LogP contribution in [-0.4, -0.2) is 40.6 Å². The average molecular weight is 257 g/mol. The van der Waals surface area contributed by atoms with E-state index in [0.717, 1.165) is 12.8 Å². The van der Waals surface area contributed by atoms with Crippen LogP contribution in [0.4, 0.5) is 9.18 Å². The highest BCUT2D eigenvalue weighted by atomic mass is 19.1. The molecule has 0 aliphatic carbocycles. The average Bonchev–Trinajstić information content (AvgIpc) is 2.23. The summed E-state index contributed by atoms with van der Waals surface area (Å²) in [4.78, 5) is 25.1. The largest absolute Gasteiger partial charge is 0.444 e. The van der Waals surface area contributed by atoms with E-state index in [-0.39, 0.29) is 18.2 Å².